The number of carbonyl (C=O) groups is 2. The second kappa shape index (κ2) is 34.8. The van der Waals surface area contributed by atoms with Crippen LogP contribution in [0.3, 0.4) is 0 Å². The molecule has 5 aromatic carbocycles. The number of amides is 2. The molecule has 10 nitrogen and oxygen atoms in total. The molecule has 10 heteroatoms. The smallest absolute Gasteiger partial charge is 0.276 e. The first-order chi connectivity index (χ1) is 37.0. The fourth-order valence-electron chi connectivity index (χ4n) is 10.6. The van der Waals surface area contributed by atoms with Crippen molar-refractivity contribution in [3.8, 4) is 0 Å². The average molecular weight is 1020 g/mol. The molecule has 0 saturated heterocycles. The van der Waals surface area contributed by atoms with Crippen molar-refractivity contribution in [1.82, 2.24) is 10.6 Å². The molecular formula is C65H94N8O2. The maximum Gasteiger partial charge on any atom is 0.276 e. The van der Waals surface area contributed by atoms with E-state index < -0.39 is 5.66 Å². The number of hydrogen-bond donors (Lipinski definition) is 4. The average Bonchev–Trinajstić information content (AvgIpc) is 3.44. The first-order valence-corrected chi connectivity index (χ1v) is 30.1. The maximum absolute atomic E-state index is 14.5. The third-order valence-corrected chi connectivity index (χ3v) is 15.1. The molecule has 0 bridgehead atoms. The summed E-state index contributed by atoms with van der Waals surface area (Å²) >= 11 is 0. The van der Waals surface area contributed by atoms with E-state index in [0.717, 1.165) is 65.8 Å². The molecule has 6 rings (SSSR count). The van der Waals surface area contributed by atoms with Crippen LogP contribution < -0.4 is 21.3 Å². The van der Waals surface area contributed by atoms with Crippen molar-refractivity contribution in [2.75, 3.05) is 23.7 Å². The number of nitrogens with one attached hydrogen (secondary N) is 4. The molecule has 1 heterocycles. The standard InChI is InChI=1S/C65H94N8O2/c1-3-5-7-9-11-13-15-17-19-21-23-25-27-29-31-38-51-66-63(74)65(64(75)67-52-39-32-30-28-26-24-22-20-18-16-14-12-10-8-6-4-2)68-58-46-40-45-56-57(49-50-59(69-65)61(56)58)71-72-60-48-47-53-41-36-37-44-55(53)62(60)73-70-54-42-34-33-35-43-54/h33-37,40-50,68-69H,3-32,38-39,51-52H2,1-2H3,(H,66,74)(H,67,75). The van der Waals surface area contributed by atoms with E-state index in [9.17, 15) is 9.59 Å². The monoisotopic (exact) mass is 1020 g/mol. The molecule has 75 heavy (non-hydrogen) atoms. The Morgan fingerprint density at radius 1 is 0.387 bits per heavy atom. The highest BCUT2D eigenvalue weighted by Crippen LogP contribution is 2.44. The lowest BCUT2D eigenvalue weighted by Crippen LogP contribution is -2.67. The van der Waals surface area contributed by atoms with Crippen molar-refractivity contribution in [2.24, 2.45) is 20.5 Å². The Hall–Kier alpha value is -5.64. The zero-order chi connectivity index (χ0) is 52.4. The van der Waals surface area contributed by atoms with Crippen LogP contribution in [-0.2, 0) is 9.59 Å². The van der Waals surface area contributed by atoms with Crippen LogP contribution in [0.5, 0.6) is 0 Å². The van der Waals surface area contributed by atoms with E-state index in [-0.39, 0.29) is 11.8 Å². The lowest BCUT2D eigenvalue weighted by molar-refractivity contribution is -0.134. The van der Waals surface area contributed by atoms with E-state index in [1.165, 1.54) is 167 Å². The Morgan fingerprint density at radius 2 is 0.800 bits per heavy atom. The largest absolute Gasteiger partial charge is 0.352 e. The van der Waals surface area contributed by atoms with Gasteiger partial charge in [-0.3, -0.25) is 9.59 Å². The first-order valence-electron chi connectivity index (χ1n) is 30.1. The predicted molar refractivity (Wildman–Crippen MR) is 318 cm³/mol. The molecule has 2 amide bonds. The van der Waals surface area contributed by atoms with Crippen molar-refractivity contribution >= 4 is 67.5 Å². The zero-order valence-corrected chi connectivity index (χ0v) is 46.4. The van der Waals surface area contributed by atoms with Crippen LogP contribution in [0.1, 0.15) is 219 Å². The summed E-state index contributed by atoms with van der Waals surface area (Å²) in [6.45, 7) is 5.58. The third-order valence-electron chi connectivity index (χ3n) is 15.1. The van der Waals surface area contributed by atoms with Crippen molar-refractivity contribution in [3.63, 3.8) is 0 Å². The molecule has 0 unspecified atom stereocenters. The summed E-state index contributed by atoms with van der Waals surface area (Å²) in [6, 6.07) is 31.3. The molecule has 0 atom stereocenters. The second-order valence-electron chi connectivity index (χ2n) is 21.4. The molecule has 0 radical (unpaired) electrons. The minimum atomic E-state index is -1.74. The number of unbranched alkanes of at least 4 members (excludes halogenated alkanes) is 30. The van der Waals surface area contributed by atoms with Gasteiger partial charge in [0.2, 0.25) is 0 Å². The summed E-state index contributed by atoms with van der Waals surface area (Å²) in [5, 5.41) is 35.6. The van der Waals surface area contributed by atoms with Gasteiger partial charge in [0.1, 0.15) is 11.4 Å². The SMILES string of the molecule is CCCCCCCCCCCCCCCCCCNC(=O)C1(C(=O)NCCCCCCCCCCCCCCCCCC)Nc2cccc3c(N=Nc4ccc5ccccc5c4N=Nc4ccccc4)ccc(c23)N1. The topological polar surface area (TPSA) is 132 Å². The van der Waals surface area contributed by atoms with Crippen LogP contribution >= 0.6 is 0 Å². The van der Waals surface area contributed by atoms with Gasteiger partial charge < -0.3 is 21.3 Å². The molecule has 1 aliphatic heterocycles. The highest BCUT2D eigenvalue weighted by Gasteiger charge is 2.49. The van der Waals surface area contributed by atoms with Gasteiger partial charge in [0.15, 0.2) is 0 Å². The van der Waals surface area contributed by atoms with Crippen LogP contribution in [-0.4, -0.2) is 30.6 Å². The van der Waals surface area contributed by atoms with Gasteiger partial charge in [-0.25, -0.2) is 0 Å². The summed E-state index contributed by atoms with van der Waals surface area (Å²) in [4.78, 5) is 29.0. The van der Waals surface area contributed by atoms with Gasteiger partial charge in [-0.15, -0.1) is 15.3 Å². The highest BCUT2D eigenvalue weighted by atomic mass is 16.2. The van der Waals surface area contributed by atoms with E-state index in [4.69, 9.17) is 10.2 Å². The molecule has 0 spiro atoms. The number of carbonyl (C=O) groups excluding carboxylic acids is 2. The van der Waals surface area contributed by atoms with Gasteiger partial charge in [0.05, 0.1) is 11.4 Å². The summed E-state index contributed by atoms with van der Waals surface area (Å²) in [7, 11) is 0. The van der Waals surface area contributed by atoms with Gasteiger partial charge >= 0.3 is 0 Å². The van der Waals surface area contributed by atoms with Crippen molar-refractivity contribution < 1.29 is 9.59 Å². The van der Waals surface area contributed by atoms with Gasteiger partial charge in [-0.2, -0.15) is 5.11 Å². The molecule has 0 saturated carbocycles. The fraction of sp³-hybridized carbons (Fsp3) is 0.569. The minimum absolute atomic E-state index is 0.382. The fourth-order valence-corrected chi connectivity index (χ4v) is 10.6. The molecule has 0 aromatic heterocycles. The van der Waals surface area contributed by atoms with Crippen LogP contribution in [0.4, 0.5) is 34.1 Å². The quantitative estimate of drug-likeness (QED) is 0.0177. The predicted octanol–water partition coefficient (Wildman–Crippen LogP) is 20.1. The van der Waals surface area contributed by atoms with E-state index >= 15 is 0 Å². The first kappa shape index (κ1) is 58.6. The number of anilines is 2. The molecule has 0 fully saturated rings. The van der Waals surface area contributed by atoms with E-state index in [2.05, 4.69) is 45.3 Å². The lowest BCUT2D eigenvalue weighted by atomic mass is 9.96. The normalized spacial score (nSPS) is 12.9. The highest BCUT2D eigenvalue weighted by molar-refractivity contribution is 6.20. The van der Waals surface area contributed by atoms with Crippen LogP contribution in [0, 0.1) is 0 Å². The van der Waals surface area contributed by atoms with E-state index in [1.807, 2.05) is 97.1 Å². The summed E-state index contributed by atoms with van der Waals surface area (Å²) in [5.74, 6) is -0.763. The summed E-state index contributed by atoms with van der Waals surface area (Å²) < 4.78 is 0. The van der Waals surface area contributed by atoms with Crippen LogP contribution in [0.2, 0.25) is 0 Å². The van der Waals surface area contributed by atoms with Gasteiger partial charge in [-0.05, 0) is 54.6 Å². The van der Waals surface area contributed by atoms with Crippen molar-refractivity contribution in [3.05, 3.63) is 97.1 Å². The molecule has 1 aliphatic rings. The Morgan fingerprint density at radius 3 is 1.31 bits per heavy atom. The number of hydrogen-bond acceptors (Lipinski definition) is 8. The molecule has 5 aromatic rings. The Balaban J connectivity index is 1.03. The zero-order valence-electron chi connectivity index (χ0n) is 46.4. The van der Waals surface area contributed by atoms with Crippen LogP contribution in [0.25, 0.3) is 21.5 Å². The minimum Gasteiger partial charge on any atom is -0.352 e. The van der Waals surface area contributed by atoms with Crippen LogP contribution in [0.15, 0.2) is 118 Å². The third kappa shape index (κ3) is 19.8. The molecule has 406 valence electrons. The van der Waals surface area contributed by atoms with E-state index in [0.29, 0.717) is 41.5 Å². The number of azo groups is 2. The van der Waals surface area contributed by atoms with Gasteiger partial charge in [-0.1, -0.05) is 267 Å². The Kier molecular flexibility index (Phi) is 27.2. The van der Waals surface area contributed by atoms with Crippen molar-refractivity contribution in [2.45, 2.75) is 225 Å². The second-order valence-corrected chi connectivity index (χ2v) is 21.4. The number of nitrogens with zero attached hydrogens (tertiary/aromatic N) is 4. The molecular weight excluding hydrogens is 925 g/mol. The summed E-state index contributed by atoms with van der Waals surface area (Å²) in [5.41, 5.74) is 2.23. The number of rotatable bonds is 40. The summed E-state index contributed by atoms with van der Waals surface area (Å²) in [6.07, 6.45) is 41.4. The number of benzene rings is 5. The van der Waals surface area contributed by atoms with Gasteiger partial charge in [0, 0.05) is 40.6 Å². The Bertz CT molecular complexity index is 2400. The lowest BCUT2D eigenvalue weighted by Gasteiger charge is -2.38. The Labute approximate surface area is 452 Å². The maximum atomic E-state index is 14.5. The van der Waals surface area contributed by atoms with E-state index in [1.54, 1.807) is 0 Å². The van der Waals surface area contributed by atoms with Gasteiger partial charge in [0.25, 0.3) is 17.5 Å². The molecule has 4 N–H and O–H groups in total. The van der Waals surface area contributed by atoms with Crippen molar-refractivity contribution in [1.29, 1.82) is 0 Å². The number of fused-ring (bicyclic) bond motifs is 1. The molecule has 0 aliphatic carbocycles.